The maximum absolute atomic E-state index is 10.9. The molecule has 0 radical (unpaired) electrons. The van der Waals surface area contributed by atoms with Gasteiger partial charge in [-0.25, -0.2) is 14.8 Å². The first kappa shape index (κ1) is 11.5. The second kappa shape index (κ2) is 4.81. The van der Waals surface area contributed by atoms with E-state index in [1.807, 2.05) is 0 Å². The van der Waals surface area contributed by atoms with Crippen molar-refractivity contribution in [2.75, 3.05) is 7.11 Å². The number of ether oxygens (including phenoxy) is 1. The minimum absolute atomic E-state index is 0.263. The van der Waals surface area contributed by atoms with Gasteiger partial charge in [-0.2, -0.15) is 0 Å². The van der Waals surface area contributed by atoms with Crippen LogP contribution in [-0.2, 0) is 9.53 Å². The molecular formula is C9H12N2O4. The fourth-order valence-corrected chi connectivity index (χ4v) is 0.987. The van der Waals surface area contributed by atoms with Crippen molar-refractivity contribution in [3.63, 3.8) is 0 Å². The van der Waals surface area contributed by atoms with Gasteiger partial charge in [0.2, 0.25) is 0 Å². The fraction of sp³-hybridized carbons (Fsp3) is 0.444. The number of aliphatic hydroxyl groups excluding tert-OH is 2. The smallest absolute Gasteiger partial charge is 0.337 e. The van der Waals surface area contributed by atoms with Crippen LogP contribution in [0.15, 0.2) is 12.4 Å². The molecule has 6 nitrogen and oxygen atoms in total. The first-order valence-electron chi connectivity index (χ1n) is 4.28. The summed E-state index contributed by atoms with van der Waals surface area (Å²) in [5.74, 6) is -0.360. The average Bonchev–Trinajstić information content (AvgIpc) is 2.27. The van der Waals surface area contributed by atoms with Crippen LogP contribution in [0.2, 0.25) is 0 Å². The summed E-state index contributed by atoms with van der Waals surface area (Å²) in [6, 6.07) is 0. The molecular weight excluding hydrogens is 200 g/mol. The number of nitrogens with zero attached hydrogens (tertiary/aromatic N) is 2. The van der Waals surface area contributed by atoms with Crippen LogP contribution in [0.4, 0.5) is 0 Å². The molecule has 0 fully saturated rings. The third-order valence-electron chi connectivity index (χ3n) is 1.88. The Balaban J connectivity index is 2.80. The molecule has 0 aliphatic carbocycles. The molecule has 1 aromatic rings. The van der Waals surface area contributed by atoms with Crippen LogP contribution in [0.5, 0.6) is 0 Å². The van der Waals surface area contributed by atoms with E-state index < -0.39 is 18.2 Å². The molecule has 1 aromatic heterocycles. The van der Waals surface area contributed by atoms with Crippen LogP contribution in [0.1, 0.15) is 17.5 Å². The molecule has 0 spiro atoms. The Morgan fingerprint density at radius 2 is 1.93 bits per heavy atom. The number of aliphatic hydroxyl groups is 2. The molecule has 6 heteroatoms. The van der Waals surface area contributed by atoms with Crippen molar-refractivity contribution in [2.24, 2.45) is 0 Å². The van der Waals surface area contributed by atoms with Crippen molar-refractivity contribution in [3.8, 4) is 0 Å². The summed E-state index contributed by atoms with van der Waals surface area (Å²) in [4.78, 5) is 18.6. The first-order valence-corrected chi connectivity index (χ1v) is 4.28. The van der Waals surface area contributed by atoms with Crippen LogP contribution in [0.3, 0.4) is 0 Å². The highest BCUT2D eigenvalue weighted by molar-refractivity contribution is 5.75. The summed E-state index contributed by atoms with van der Waals surface area (Å²) in [5.41, 5.74) is 0.263. The van der Waals surface area contributed by atoms with E-state index in [1.165, 1.54) is 12.4 Å². The van der Waals surface area contributed by atoms with Gasteiger partial charge in [-0.1, -0.05) is 0 Å². The molecule has 1 rings (SSSR count). The van der Waals surface area contributed by atoms with Gasteiger partial charge in [0.25, 0.3) is 0 Å². The molecule has 1 heterocycles. The van der Waals surface area contributed by atoms with E-state index in [0.717, 1.165) is 7.11 Å². The first-order chi connectivity index (χ1) is 7.06. The van der Waals surface area contributed by atoms with Crippen molar-refractivity contribution in [1.82, 2.24) is 9.97 Å². The van der Waals surface area contributed by atoms with Gasteiger partial charge in [0.15, 0.2) is 6.10 Å². The van der Waals surface area contributed by atoms with Gasteiger partial charge in [0.1, 0.15) is 11.9 Å². The number of aromatic nitrogens is 2. The molecule has 0 aliphatic rings. The minimum Gasteiger partial charge on any atom is -0.467 e. The van der Waals surface area contributed by atoms with Gasteiger partial charge >= 0.3 is 5.97 Å². The lowest BCUT2D eigenvalue weighted by molar-refractivity contribution is -0.156. The van der Waals surface area contributed by atoms with Crippen LogP contribution in [0.25, 0.3) is 0 Å². The zero-order valence-electron chi connectivity index (χ0n) is 8.41. The van der Waals surface area contributed by atoms with E-state index >= 15 is 0 Å². The van der Waals surface area contributed by atoms with Gasteiger partial charge in [-0.05, 0) is 6.92 Å². The zero-order chi connectivity index (χ0) is 11.4. The number of hydrogen-bond donors (Lipinski definition) is 2. The van der Waals surface area contributed by atoms with E-state index in [4.69, 9.17) is 0 Å². The standard InChI is InChI=1S/C9H12N2O4/c1-5-10-3-6(4-11-5)7(12)8(13)9(14)15-2/h3-4,7-8,12-13H,1-2H3. The number of esters is 1. The van der Waals surface area contributed by atoms with Crippen LogP contribution in [0, 0.1) is 6.92 Å². The van der Waals surface area contributed by atoms with E-state index in [2.05, 4.69) is 14.7 Å². The SMILES string of the molecule is COC(=O)C(O)C(O)c1cnc(C)nc1. The van der Waals surface area contributed by atoms with Crippen LogP contribution in [-0.4, -0.2) is 39.4 Å². The van der Waals surface area contributed by atoms with Gasteiger partial charge in [0, 0.05) is 18.0 Å². The second-order valence-corrected chi connectivity index (χ2v) is 2.98. The average molecular weight is 212 g/mol. The molecule has 0 aliphatic heterocycles. The maximum atomic E-state index is 10.9. The van der Waals surface area contributed by atoms with Gasteiger partial charge in [0.05, 0.1) is 7.11 Å². The number of carbonyl (C=O) groups is 1. The topological polar surface area (TPSA) is 92.5 Å². The largest absolute Gasteiger partial charge is 0.467 e. The molecule has 15 heavy (non-hydrogen) atoms. The summed E-state index contributed by atoms with van der Waals surface area (Å²) < 4.78 is 4.29. The number of hydrogen-bond acceptors (Lipinski definition) is 6. The number of aryl methyl sites for hydroxylation is 1. The summed E-state index contributed by atoms with van der Waals surface area (Å²) in [5, 5.41) is 18.9. The highest BCUT2D eigenvalue weighted by Gasteiger charge is 2.26. The van der Waals surface area contributed by atoms with Crippen molar-refractivity contribution >= 4 is 5.97 Å². The van der Waals surface area contributed by atoms with Crippen LogP contribution >= 0.6 is 0 Å². The summed E-state index contributed by atoms with van der Waals surface area (Å²) in [6.45, 7) is 1.69. The Morgan fingerprint density at radius 3 is 2.40 bits per heavy atom. The van der Waals surface area contributed by atoms with E-state index in [9.17, 15) is 15.0 Å². The quantitative estimate of drug-likeness (QED) is 0.647. The van der Waals surface area contributed by atoms with Crippen LogP contribution < -0.4 is 0 Å². The monoisotopic (exact) mass is 212 g/mol. The number of carbonyl (C=O) groups excluding carboxylic acids is 1. The summed E-state index contributed by atoms with van der Waals surface area (Å²) >= 11 is 0. The predicted octanol–water partition coefficient (Wildman–Crippen LogP) is -0.648. The molecule has 0 saturated heterocycles. The lowest BCUT2D eigenvalue weighted by atomic mass is 10.1. The Bertz CT molecular complexity index is 338. The molecule has 0 aromatic carbocycles. The van der Waals surface area contributed by atoms with Gasteiger partial charge in [-0.15, -0.1) is 0 Å². The third kappa shape index (κ3) is 2.71. The Kier molecular flexibility index (Phi) is 3.70. The fourth-order valence-electron chi connectivity index (χ4n) is 0.987. The lowest BCUT2D eigenvalue weighted by Crippen LogP contribution is -2.29. The molecule has 0 amide bonds. The third-order valence-corrected chi connectivity index (χ3v) is 1.88. The van der Waals surface area contributed by atoms with Crippen molar-refractivity contribution < 1.29 is 19.7 Å². The van der Waals surface area contributed by atoms with Crippen molar-refractivity contribution in [3.05, 3.63) is 23.8 Å². The lowest BCUT2D eigenvalue weighted by Gasteiger charge is -2.15. The Labute approximate surface area is 86.6 Å². The Morgan fingerprint density at radius 1 is 1.40 bits per heavy atom. The number of methoxy groups -OCH3 is 1. The maximum Gasteiger partial charge on any atom is 0.337 e. The summed E-state index contributed by atoms with van der Waals surface area (Å²) in [7, 11) is 1.13. The molecule has 0 saturated carbocycles. The highest BCUT2D eigenvalue weighted by atomic mass is 16.5. The van der Waals surface area contributed by atoms with Gasteiger partial charge < -0.3 is 14.9 Å². The van der Waals surface area contributed by atoms with E-state index in [0.29, 0.717) is 5.82 Å². The normalized spacial score (nSPS) is 14.4. The number of rotatable bonds is 3. The molecule has 0 bridgehead atoms. The second-order valence-electron chi connectivity index (χ2n) is 2.98. The predicted molar refractivity (Wildman–Crippen MR) is 49.8 cm³/mol. The van der Waals surface area contributed by atoms with E-state index in [1.54, 1.807) is 6.92 Å². The molecule has 82 valence electrons. The van der Waals surface area contributed by atoms with Gasteiger partial charge in [-0.3, -0.25) is 0 Å². The van der Waals surface area contributed by atoms with Crippen molar-refractivity contribution in [1.29, 1.82) is 0 Å². The minimum atomic E-state index is -1.62. The zero-order valence-corrected chi connectivity index (χ0v) is 8.41. The molecule has 2 unspecified atom stereocenters. The Hall–Kier alpha value is -1.53. The highest BCUT2D eigenvalue weighted by Crippen LogP contribution is 2.15. The molecule has 2 N–H and O–H groups in total. The van der Waals surface area contributed by atoms with Crippen molar-refractivity contribution in [2.45, 2.75) is 19.1 Å². The summed E-state index contributed by atoms with van der Waals surface area (Å²) in [6.07, 6.45) is -0.308. The van der Waals surface area contributed by atoms with E-state index in [-0.39, 0.29) is 5.56 Å². The molecule has 2 atom stereocenters.